The Morgan fingerprint density at radius 2 is 2.31 bits per heavy atom. The van der Waals surface area contributed by atoms with Gasteiger partial charge in [0.2, 0.25) is 5.91 Å². The SMILES string of the molecule is CCNCCCN1CCCCC1=O. The van der Waals surface area contributed by atoms with Crippen molar-refractivity contribution in [2.24, 2.45) is 0 Å². The van der Waals surface area contributed by atoms with Gasteiger partial charge in [0.15, 0.2) is 0 Å². The summed E-state index contributed by atoms with van der Waals surface area (Å²) in [5, 5.41) is 3.26. The van der Waals surface area contributed by atoms with Crippen molar-refractivity contribution in [2.45, 2.75) is 32.6 Å². The average Bonchev–Trinajstić information content (AvgIpc) is 2.15. The van der Waals surface area contributed by atoms with Gasteiger partial charge in [-0.2, -0.15) is 0 Å². The Kier molecular flexibility index (Phi) is 4.83. The van der Waals surface area contributed by atoms with Gasteiger partial charge in [-0.25, -0.2) is 0 Å². The lowest BCUT2D eigenvalue weighted by Crippen LogP contribution is -2.37. The van der Waals surface area contributed by atoms with Crippen LogP contribution in [0.4, 0.5) is 0 Å². The van der Waals surface area contributed by atoms with Gasteiger partial charge >= 0.3 is 0 Å². The van der Waals surface area contributed by atoms with Crippen LogP contribution in [0.3, 0.4) is 0 Å². The maximum atomic E-state index is 11.4. The molecular weight excluding hydrogens is 164 g/mol. The molecule has 0 saturated carbocycles. The quantitative estimate of drug-likeness (QED) is 0.646. The van der Waals surface area contributed by atoms with Crippen LogP contribution in [0.15, 0.2) is 0 Å². The van der Waals surface area contributed by atoms with Crippen LogP contribution < -0.4 is 5.32 Å². The first-order chi connectivity index (χ1) is 6.34. The molecule has 3 nitrogen and oxygen atoms in total. The summed E-state index contributed by atoms with van der Waals surface area (Å²) in [4.78, 5) is 13.4. The zero-order valence-electron chi connectivity index (χ0n) is 8.51. The number of rotatable bonds is 5. The van der Waals surface area contributed by atoms with E-state index in [9.17, 15) is 4.79 Å². The molecule has 0 spiro atoms. The number of hydrogen-bond donors (Lipinski definition) is 1. The van der Waals surface area contributed by atoms with Crippen molar-refractivity contribution in [1.82, 2.24) is 10.2 Å². The van der Waals surface area contributed by atoms with E-state index in [1.807, 2.05) is 4.90 Å². The number of nitrogens with one attached hydrogen (secondary N) is 1. The highest BCUT2D eigenvalue weighted by molar-refractivity contribution is 5.76. The maximum Gasteiger partial charge on any atom is 0.222 e. The van der Waals surface area contributed by atoms with Gasteiger partial charge in [0.25, 0.3) is 0 Å². The molecule has 0 aromatic carbocycles. The lowest BCUT2D eigenvalue weighted by molar-refractivity contribution is -0.133. The van der Waals surface area contributed by atoms with Crippen LogP contribution in [0.25, 0.3) is 0 Å². The third-order valence-electron chi connectivity index (χ3n) is 2.45. The van der Waals surface area contributed by atoms with E-state index in [4.69, 9.17) is 0 Å². The number of hydrogen-bond acceptors (Lipinski definition) is 2. The summed E-state index contributed by atoms with van der Waals surface area (Å²) in [5.41, 5.74) is 0. The summed E-state index contributed by atoms with van der Waals surface area (Å²) in [6.45, 7) is 6.07. The fourth-order valence-corrected chi connectivity index (χ4v) is 1.67. The smallest absolute Gasteiger partial charge is 0.222 e. The number of nitrogens with zero attached hydrogens (tertiary/aromatic N) is 1. The van der Waals surface area contributed by atoms with Crippen molar-refractivity contribution in [1.29, 1.82) is 0 Å². The molecule has 1 fully saturated rings. The summed E-state index contributed by atoms with van der Waals surface area (Å²) in [5.74, 6) is 0.350. The molecule has 0 aromatic rings. The van der Waals surface area contributed by atoms with E-state index in [1.165, 1.54) is 6.42 Å². The van der Waals surface area contributed by atoms with E-state index in [-0.39, 0.29) is 0 Å². The number of carbonyl (C=O) groups excluding carboxylic acids is 1. The Balaban J connectivity index is 2.08. The molecular formula is C10H20N2O. The van der Waals surface area contributed by atoms with E-state index in [0.717, 1.165) is 45.4 Å². The molecule has 0 radical (unpaired) electrons. The minimum Gasteiger partial charge on any atom is -0.343 e. The molecule has 0 bridgehead atoms. The summed E-state index contributed by atoms with van der Waals surface area (Å²) < 4.78 is 0. The van der Waals surface area contributed by atoms with Gasteiger partial charge in [0.05, 0.1) is 0 Å². The van der Waals surface area contributed by atoms with E-state index < -0.39 is 0 Å². The Bertz CT molecular complexity index is 159. The summed E-state index contributed by atoms with van der Waals surface area (Å²) in [6, 6.07) is 0. The summed E-state index contributed by atoms with van der Waals surface area (Å²) >= 11 is 0. The first-order valence-electron chi connectivity index (χ1n) is 5.33. The molecule has 1 rings (SSSR count). The van der Waals surface area contributed by atoms with Crippen LogP contribution in [-0.4, -0.2) is 37.0 Å². The van der Waals surface area contributed by atoms with Gasteiger partial charge in [-0.1, -0.05) is 6.92 Å². The molecule has 1 aliphatic rings. The lowest BCUT2D eigenvalue weighted by Gasteiger charge is -2.26. The Hall–Kier alpha value is -0.570. The number of amides is 1. The molecule has 3 heteroatoms. The molecule has 0 aliphatic carbocycles. The van der Waals surface area contributed by atoms with Crippen LogP contribution in [0.5, 0.6) is 0 Å². The second-order valence-electron chi connectivity index (χ2n) is 3.55. The maximum absolute atomic E-state index is 11.4. The Morgan fingerprint density at radius 1 is 1.46 bits per heavy atom. The van der Waals surface area contributed by atoms with Gasteiger partial charge in [0, 0.05) is 19.5 Å². The normalized spacial score (nSPS) is 17.9. The van der Waals surface area contributed by atoms with Crippen LogP contribution in [0.2, 0.25) is 0 Å². The molecule has 0 atom stereocenters. The molecule has 1 amide bonds. The predicted molar refractivity (Wildman–Crippen MR) is 53.6 cm³/mol. The third-order valence-corrected chi connectivity index (χ3v) is 2.45. The largest absolute Gasteiger partial charge is 0.343 e. The molecule has 1 heterocycles. The van der Waals surface area contributed by atoms with Crippen LogP contribution in [0, 0.1) is 0 Å². The zero-order valence-corrected chi connectivity index (χ0v) is 8.51. The highest BCUT2D eigenvalue weighted by Gasteiger charge is 2.16. The van der Waals surface area contributed by atoms with Crippen molar-refractivity contribution in [3.05, 3.63) is 0 Å². The molecule has 1 saturated heterocycles. The first kappa shape index (κ1) is 10.5. The number of piperidine rings is 1. The standard InChI is InChI=1S/C10H20N2O/c1-2-11-7-5-9-12-8-4-3-6-10(12)13/h11H,2-9H2,1H3. The van der Waals surface area contributed by atoms with Gasteiger partial charge in [-0.05, 0) is 32.4 Å². The Morgan fingerprint density at radius 3 is 3.00 bits per heavy atom. The average molecular weight is 184 g/mol. The first-order valence-corrected chi connectivity index (χ1v) is 5.33. The highest BCUT2D eigenvalue weighted by atomic mass is 16.2. The van der Waals surface area contributed by atoms with E-state index in [2.05, 4.69) is 12.2 Å². The molecule has 1 N–H and O–H groups in total. The fourth-order valence-electron chi connectivity index (χ4n) is 1.67. The third kappa shape index (κ3) is 3.77. The lowest BCUT2D eigenvalue weighted by atomic mass is 10.1. The second-order valence-corrected chi connectivity index (χ2v) is 3.55. The zero-order chi connectivity index (χ0) is 9.52. The van der Waals surface area contributed by atoms with Crippen LogP contribution >= 0.6 is 0 Å². The minimum absolute atomic E-state index is 0.350. The van der Waals surface area contributed by atoms with E-state index in [1.54, 1.807) is 0 Å². The van der Waals surface area contributed by atoms with Gasteiger partial charge in [-0.3, -0.25) is 4.79 Å². The molecule has 76 valence electrons. The molecule has 0 unspecified atom stereocenters. The highest BCUT2D eigenvalue weighted by Crippen LogP contribution is 2.10. The number of carbonyl (C=O) groups is 1. The van der Waals surface area contributed by atoms with Gasteiger partial charge < -0.3 is 10.2 Å². The second kappa shape index (κ2) is 5.97. The summed E-state index contributed by atoms with van der Waals surface area (Å²) in [7, 11) is 0. The van der Waals surface area contributed by atoms with E-state index in [0.29, 0.717) is 5.91 Å². The van der Waals surface area contributed by atoms with Crippen LogP contribution in [-0.2, 0) is 4.79 Å². The predicted octanol–water partition coefficient (Wildman–Crippen LogP) is 0.998. The van der Waals surface area contributed by atoms with Crippen molar-refractivity contribution in [3.63, 3.8) is 0 Å². The Labute approximate surface area is 80.5 Å². The fraction of sp³-hybridized carbons (Fsp3) is 0.900. The van der Waals surface area contributed by atoms with Crippen molar-refractivity contribution >= 4 is 5.91 Å². The molecule has 0 aromatic heterocycles. The topological polar surface area (TPSA) is 32.3 Å². The molecule has 13 heavy (non-hydrogen) atoms. The monoisotopic (exact) mass is 184 g/mol. The number of likely N-dealkylation sites (tertiary alicyclic amines) is 1. The summed E-state index contributed by atoms with van der Waals surface area (Å²) in [6.07, 6.45) is 4.12. The van der Waals surface area contributed by atoms with Crippen molar-refractivity contribution < 1.29 is 4.79 Å². The molecule has 1 aliphatic heterocycles. The van der Waals surface area contributed by atoms with Gasteiger partial charge in [-0.15, -0.1) is 0 Å². The van der Waals surface area contributed by atoms with Crippen molar-refractivity contribution in [2.75, 3.05) is 26.2 Å². The van der Waals surface area contributed by atoms with Crippen LogP contribution in [0.1, 0.15) is 32.6 Å². The van der Waals surface area contributed by atoms with E-state index >= 15 is 0 Å². The minimum atomic E-state index is 0.350. The van der Waals surface area contributed by atoms with Crippen molar-refractivity contribution in [3.8, 4) is 0 Å². The van der Waals surface area contributed by atoms with Gasteiger partial charge in [0.1, 0.15) is 0 Å².